The fourth-order valence-corrected chi connectivity index (χ4v) is 4.82. The summed E-state index contributed by atoms with van der Waals surface area (Å²) in [7, 11) is -3.71. The van der Waals surface area contributed by atoms with Gasteiger partial charge in [0.2, 0.25) is 15.9 Å². The van der Waals surface area contributed by atoms with Crippen LogP contribution in [0.4, 0.5) is 0 Å². The predicted molar refractivity (Wildman–Crippen MR) is 104 cm³/mol. The second-order valence-electron chi connectivity index (χ2n) is 7.58. The Morgan fingerprint density at radius 3 is 2.15 bits per heavy atom. The van der Waals surface area contributed by atoms with Crippen LogP contribution >= 0.6 is 0 Å². The minimum Gasteiger partial charge on any atom is -0.490 e. The first kappa shape index (κ1) is 20.1. The van der Waals surface area contributed by atoms with Gasteiger partial charge >= 0.3 is 0 Å². The van der Waals surface area contributed by atoms with Crippen molar-refractivity contribution in [1.29, 1.82) is 0 Å². The molecule has 1 aromatic rings. The summed E-state index contributed by atoms with van der Waals surface area (Å²) in [5, 5.41) is 2.95. The van der Waals surface area contributed by atoms with Crippen molar-refractivity contribution in [1.82, 2.24) is 10.0 Å². The van der Waals surface area contributed by atoms with Crippen LogP contribution in [0.3, 0.4) is 0 Å². The summed E-state index contributed by atoms with van der Waals surface area (Å²) in [5.41, 5.74) is 0. The number of nitrogens with one attached hydrogen (secondary N) is 2. The summed E-state index contributed by atoms with van der Waals surface area (Å²) in [5.74, 6) is 0.415. The molecule has 6 nitrogen and oxygen atoms in total. The lowest BCUT2D eigenvalue weighted by Gasteiger charge is -2.16. The molecule has 0 bridgehead atoms. The van der Waals surface area contributed by atoms with E-state index in [-0.39, 0.29) is 29.5 Å². The van der Waals surface area contributed by atoms with Gasteiger partial charge in [-0.25, -0.2) is 13.1 Å². The van der Waals surface area contributed by atoms with Gasteiger partial charge in [0.05, 0.1) is 17.5 Å². The molecule has 27 heavy (non-hydrogen) atoms. The van der Waals surface area contributed by atoms with E-state index >= 15 is 0 Å². The molecular formula is C20H30N2O4S. The first-order valence-electron chi connectivity index (χ1n) is 10.1. The van der Waals surface area contributed by atoms with Crippen molar-refractivity contribution in [2.24, 2.45) is 0 Å². The van der Waals surface area contributed by atoms with E-state index in [4.69, 9.17) is 4.74 Å². The van der Waals surface area contributed by atoms with Crippen molar-refractivity contribution >= 4 is 15.9 Å². The average Bonchev–Trinajstić information content (AvgIpc) is 3.03. The average molecular weight is 395 g/mol. The van der Waals surface area contributed by atoms with Gasteiger partial charge in [-0.15, -0.1) is 0 Å². The fourth-order valence-electron chi connectivity index (χ4n) is 3.84. The van der Waals surface area contributed by atoms with Crippen LogP contribution in [0.2, 0.25) is 0 Å². The van der Waals surface area contributed by atoms with Crippen LogP contribution in [-0.4, -0.2) is 33.0 Å². The molecule has 0 atom stereocenters. The molecule has 2 aliphatic carbocycles. The Bertz CT molecular complexity index is 704. The molecular weight excluding hydrogens is 364 g/mol. The minimum absolute atomic E-state index is 0.142. The number of ether oxygens (including phenoxy) is 1. The van der Waals surface area contributed by atoms with Crippen molar-refractivity contribution in [3.05, 3.63) is 24.3 Å². The largest absolute Gasteiger partial charge is 0.490 e. The Balaban J connectivity index is 1.48. The molecule has 3 rings (SSSR count). The highest BCUT2D eigenvalue weighted by molar-refractivity contribution is 7.89. The van der Waals surface area contributed by atoms with Crippen LogP contribution in [0.1, 0.15) is 64.2 Å². The summed E-state index contributed by atoms with van der Waals surface area (Å²) in [6.45, 7) is -0.237. The lowest BCUT2D eigenvalue weighted by atomic mass is 10.1. The van der Waals surface area contributed by atoms with Crippen LogP contribution in [-0.2, 0) is 14.8 Å². The molecule has 1 aromatic carbocycles. The molecule has 0 spiro atoms. The first-order chi connectivity index (χ1) is 13.0. The Hall–Kier alpha value is -1.60. The Kier molecular flexibility index (Phi) is 7.13. The van der Waals surface area contributed by atoms with Crippen LogP contribution in [0, 0.1) is 0 Å². The van der Waals surface area contributed by atoms with E-state index in [0.717, 1.165) is 38.5 Å². The predicted octanol–water partition coefficient (Wildman–Crippen LogP) is 3.13. The van der Waals surface area contributed by atoms with Crippen molar-refractivity contribution in [3.63, 3.8) is 0 Å². The molecule has 0 heterocycles. The highest BCUT2D eigenvalue weighted by Gasteiger charge is 2.20. The standard InChI is InChI=1S/C20H30N2O4S/c23-20(22-16-7-3-1-2-4-8-16)15-21-27(24,25)19-13-11-18(12-14-19)26-17-9-5-6-10-17/h11-14,16-17,21H,1-10,15H2,(H,22,23). The zero-order valence-electron chi connectivity index (χ0n) is 15.8. The number of rotatable bonds is 7. The molecule has 0 radical (unpaired) electrons. The third kappa shape index (κ3) is 6.21. The third-order valence-corrected chi connectivity index (χ3v) is 6.80. The summed E-state index contributed by atoms with van der Waals surface area (Å²) >= 11 is 0. The number of carbonyl (C=O) groups is 1. The molecule has 0 aliphatic heterocycles. The molecule has 0 saturated heterocycles. The lowest BCUT2D eigenvalue weighted by molar-refractivity contribution is -0.120. The fraction of sp³-hybridized carbons (Fsp3) is 0.650. The highest BCUT2D eigenvalue weighted by atomic mass is 32.2. The van der Waals surface area contributed by atoms with E-state index in [9.17, 15) is 13.2 Å². The molecule has 2 saturated carbocycles. The van der Waals surface area contributed by atoms with Gasteiger partial charge in [-0.2, -0.15) is 0 Å². The smallest absolute Gasteiger partial charge is 0.241 e. The monoisotopic (exact) mass is 394 g/mol. The van der Waals surface area contributed by atoms with E-state index in [1.165, 1.54) is 37.8 Å². The molecule has 7 heteroatoms. The van der Waals surface area contributed by atoms with Gasteiger partial charge in [0, 0.05) is 6.04 Å². The van der Waals surface area contributed by atoms with Gasteiger partial charge in [0.1, 0.15) is 5.75 Å². The number of hydrogen-bond acceptors (Lipinski definition) is 4. The molecule has 2 aliphatic rings. The van der Waals surface area contributed by atoms with Gasteiger partial charge in [-0.1, -0.05) is 25.7 Å². The van der Waals surface area contributed by atoms with Crippen LogP contribution in [0.5, 0.6) is 5.75 Å². The van der Waals surface area contributed by atoms with Gasteiger partial charge < -0.3 is 10.1 Å². The summed E-state index contributed by atoms with van der Waals surface area (Å²) < 4.78 is 33.1. The normalized spacial score (nSPS) is 19.6. The third-order valence-electron chi connectivity index (χ3n) is 5.38. The summed E-state index contributed by atoms with van der Waals surface area (Å²) in [4.78, 5) is 12.2. The zero-order valence-corrected chi connectivity index (χ0v) is 16.6. The van der Waals surface area contributed by atoms with Crippen LogP contribution in [0.15, 0.2) is 29.2 Å². The molecule has 150 valence electrons. The molecule has 2 fully saturated rings. The Morgan fingerprint density at radius 1 is 0.926 bits per heavy atom. The maximum absolute atomic E-state index is 12.4. The molecule has 0 aromatic heterocycles. The van der Waals surface area contributed by atoms with E-state index in [0.29, 0.717) is 5.75 Å². The van der Waals surface area contributed by atoms with Gasteiger partial charge in [-0.3, -0.25) is 4.79 Å². The van der Waals surface area contributed by atoms with E-state index < -0.39 is 10.0 Å². The van der Waals surface area contributed by atoms with Crippen molar-refractivity contribution in [2.45, 2.75) is 81.2 Å². The first-order valence-corrected chi connectivity index (χ1v) is 11.6. The second-order valence-corrected chi connectivity index (χ2v) is 9.34. The van der Waals surface area contributed by atoms with Crippen molar-refractivity contribution in [2.75, 3.05) is 6.54 Å². The van der Waals surface area contributed by atoms with Gasteiger partial charge in [-0.05, 0) is 62.8 Å². The van der Waals surface area contributed by atoms with E-state index in [1.54, 1.807) is 12.1 Å². The summed E-state index contributed by atoms with van der Waals surface area (Å²) in [6, 6.07) is 6.57. The Morgan fingerprint density at radius 2 is 1.52 bits per heavy atom. The number of sulfonamides is 1. The van der Waals surface area contributed by atoms with E-state index in [2.05, 4.69) is 10.0 Å². The maximum Gasteiger partial charge on any atom is 0.241 e. The van der Waals surface area contributed by atoms with Gasteiger partial charge in [0.25, 0.3) is 0 Å². The number of carbonyl (C=O) groups excluding carboxylic acids is 1. The van der Waals surface area contributed by atoms with E-state index in [1.807, 2.05) is 0 Å². The second kappa shape index (κ2) is 9.55. The number of hydrogen-bond donors (Lipinski definition) is 2. The van der Waals surface area contributed by atoms with Gasteiger partial charge in [0.15, 0.2) is 0 Å². The SMILES string of the molecule is O=C(CNS(=O)(=O)c1ccc(OC2CCCC2)cc1)NC1CCCCCC1. The zero-order chi connectivity index (χ0) is 19.1. The van der Waals surface area contributed by atoms with Crippen molar-refractivity contribution < 1.29 is 17.9 Å². The Labute approximate surface area is 162 Å². The topological polar surface area (TPSA) is 84.5 Å². The van der Waals surface area contributed by atoms with Crippen LogP contribution < -0.4 is 14.8 Å². The number of amides is 1. The minimum atomic E-state index is -3.71. The highest BCUT2D eigenvalue weighted by Crippen LogP contribution is 2.25. The summed E-state index contributed by atoms with van der Waals surface area (Å²) in [6.07, 6.45) is 11.3. The molecule has 0 unspecified atom stereocenters. The maximum atomic E-state index is 12.4. The lowest BCUT2D eigenvalue weighted by Crippen LogP contribution is -2.41. The molecule has 2 N–H and O–H groups in total. The molecule has 1 amide bonds. The van der Waals surface area contributed by atoms with Crippen LogP contribution in [0.25, 0.3) is 0 Å². The number of benzene rings is 1. The van der Waals surface area contributed by atoms with Crippen molar-refractivity contribution in [3.8, 4) is 5.75 Å². The quantitative estimate of drug-likeness (QED) is 0.696.